The van der Waals surface area contributed by atoms with E-state index in [4.69, 9.17) is 9.47 Å². The summed E-state index contributed by atoms with van der Waals surface area (Å²) in [5, 5.41) is 2.62. The van der Waals surface area contributed by atoms with Gasteiger partial charge >= 0.3 is 5.97 Å². The molecule has 2 rings (SSSR count). The first-order valence-corrected chi connectivity index (χ1v) is 7.82. The van der Waals surface area contributed by atoms with E-state index in [0.717, 1.165) is 0 Å². The number of nitrogens with one attached hydrogen (secondary N) is 1. The zero-order valence-corrected chi connectivity index (χ0v) is 14.1. The quantitative estimate of drug-likeness (QED) is 0.475. The monoisotopic (exact) mass is 341 g/mol. The maximum Gasteiger partial charge on any atom is 0.349 e. The molecule has 0 atom stereocenters. The Balaban J connectivity index is 1.84. The number of amides is 1. The Bertz CT molecular complexity index is 750. The second-order valence-corrected chi connectivity index (χ2v) is 5.27. The summed E-state index contributed by atoms with van der Waals surface area (Å²) in [6.45, 7) is 2.95. The van der Waals surface area contributed by atoms with E-state index in [2.05, 4.69) is 5.32 Å². The van der Waals surface area contributed by atoms with Crippen LogP contribution in [0.5, 0.6) is 11.5 Å². The molecule has 6 nitrogen and oxygen atoms in total. The number of carbonyl (C=O) groups excluding carboxylic acids is 3. The van der Waals surface area contributed by atoms with Crippen LogP contribution in [0.2, 0.25) is 0 Å². The maximum absolute atomic E-state index is 11.8. The van der Waals surface area contributed by atoms with Crippen molar-refractivity contribution in [1.29, 1.82) is 0 Å². The molecule has 0 saturated carbocycles. The molecule has 130 valence electrons. The molecule has 0 aliphatic carbocycles. The molecule has 0 spiro atoms. The average molecular weight is 341 g/mol. The molecule has 0 heterocycles. The van der Waals surface area contributed by atoms with Crippen LogP contribution in [0.3, 0.4) is 0 Å². The number of carbonyl (C=O) groups is 3. The molecular weight excluding hydrogens is 322 g/mol. The summed E-state index contributed by atoms with van der Waals surface area (Å²) >= 11 is 0. The molecule has 1 N–H and O–H groups in total. The Morgan fingerprint density at radius 2 is 1.52 bits per heavy atom. The number of hydrogen-bond acceptors (Lipinski definition) is 5. The van der Waals surface area contributed by atoms with E-state index in [9.17, 15) is 14.4 Å². The van der Waals surface area contributed by atoms with Gasteiger partial charge in [0.2, 0.25) is 5.91 Å². The predicted molar refractivity (Wildman–Crippen MR) is 92.9 cm³/mol. The van der Waals surface area contributed by atoms with Gasteiger partial charge < -0.3 is 14.8 Å². The lowest BCUT2D eigenvalue weighted by atomic mass is 10.1. The normalized spacial score (nSPS) is 10.0. The van der Waals surface area contributed by atoms with Crippen LogP contribution < -0.4 is 14.8 Å². The second-order valence-electron chi connectivity index (χ2n) is 5.27. The van der Waals surface area contributed by atoms with Crippen molar-refractivity contribution in [3.8, 4) is 11.5 Å². The molecule has 0 aliphatic heterocycles. The lowest BCUT2D eigenvalue weighted by molar-refractivity contribution is -0.136. The van der Waals surface area contributed by atoms with Crippen molar-refractivity contribution in [2.75, 3.05) is 11.9 Å². The summed E-state index contributed by atoms with van der Waals surface area (Å²) in [4.78, 5) is 34.3. The highest BCUT2D eigenvalue weighted by Gasteiger charge is 2.08. The molecule has 1 amide bonds. The molecular formula is C19H19NO5. The Kier molecular flexibility index (Phi) is 6.28. The first-order chi connectivity index (χ1) is 12.0. The van der Waals surface area contributed by atoms with Gasteiger partial charge in [-0.1, -0.05) is 6.92 Å². The second kappa shape index (κ2) is 8.63. The van der Waals surface area contributed by atoms with Gasteiger partial charge in [0.05, 0.1) is 0 Å². The van der Waals surface area contributed by atoms with Crippen molar-refractivity contribution in [2.45, 2.75) is 20.3 Å². The summed E-state index contributed by atoms with van der Waals surface area (Å²) in [5.74, 6) is 0.150. The third-order valence-electron chi connectivity index (χ3n) is 3.26. The standard InChI is InChI=1S/C19H19NO5/c1-3-18(22)14-4-8-16(9-5-14)24-12-19(23)25-17-10-6-15(7-11-17)20-13(2)21/h4-11H,3,12H2,1-2H3,(H,20,21). The summed E-state index contributed by atoms with van der Waals surface area (Å²) < 4.78 is 10.5. The van der Waals surface area contributed by atoms with Crippen molar-refractivity contribution < 1.29 is 23.9 Å². The largest absolute Gasteiger partial charge is 0.482 e. The fourth-order valence-electron chi connectivity index (χ4n) is 2.05. The highest BCUT2D eigenvalue weighted by Crippen LogP contribution is 2.17. The number of hydrogen-bond donors (Lipinski definition) is 1. The van der Waals surface area contributed by atoms with Crippen molar-refractivity contribution in [3.63, 3.8) is 0 Å². The van der Waals surface area contributed by atoms with Crippen LogP contribution >= 0.6 is 0 Å². The first kappa shape index (κ1) is 18.2. The van der Waals surface area contributed by atoms with Gasteiger partial charge in [0.15, 0.2) is 12.4 Å². The smallest absolute Gasteiger partial charge is 0.349 e. The van der Waals surface area contributed by atoms with E-state index in [1.54, 1.807) is 55.5 Å². The Morgan fingerprint density at radius 1 is 0.920 bits per heavy atom. The minimum absolute atomic E-state index is 0.0497. The first-order valence-electron chi connectivity index (χ1n) is 7.82. The zero-order chi connectivity index (χ0) is 18.2. The van der Waals surface area contributed by atoms with Crippen LogP contribution in [-0.4, -0.2) is 24.3 Å². The van der Waals surface area contributed by atoms with Crippen LogP contribution in [0.4, 0.5) is 5.69 Å². The topological polar surface area (TPSA) is 81.7 Å². The Morgan fingerprint density at radius 3 is 2.08 bits per heavy atom. The highest BCUT2D eigenvalue weighted by atomic mass is 16.6. The van der Waals surface area contributed by atoms with E-state index in [-0.39, 0.29) is 18.3 Å². The van der Waals surface area contributed by atoms with Gasteiger partial charge in [0.25, 0.3) is 0 Å². The van der Waals surface area contributed by atoms with Gasteiger partial charge in [-0.15, -0.1) is 0 Å². The Hall–Kier alpha value is -3.15. The fraction of sp³-hybridized carbons (Fsp3) is 0.211. The van der Waals surface area contributed by atoms with Gasteiger partial charge in [-0.3, -0.25) is 9.59 Å². The number of anilines is 1. The van der Waals surface area contributed by atoms with Crippen molar-refractivity contribution in [2.24, 2.45) is 0 Å². The van der Waals surface area contributed by atoms with Gasteiger partial charge in [0.1, 0.15) is 11.5 Å². The Labute approximate surface area is 145 Å². The van der Waals surface area contributed by atoms with Crippen LogP contribution in [0.1, 0.15) is 30.6 Å². The third-order valence-corrected chi connectivity index (χ3v) is 3.26. The average Bonchev–Trinajstić information content (AvgIpc) is 2.61. The van der Waals surface area contributed by atoms with Crippen LogP contribution in [0.15, 0.2) is 48.5 Å². The molecule has 6 heteroatoms. The van der Waals surface area contributed by atoms with E-state index >= 15 is 0 Å². The maximum atomic E-state index is 11.8. The summed E-state index contributed by atoms with van der Waals surface area (Å²) in [7, 11) is 0. The minimum Gasteiger partial charge on any atom is -0.482 e. The SMILES string of the molecule is CCC(=O)c1ccc(OCC(=O)Oc2ccc(NC(C)=O)cc2)cc1. The number of ether oxygens (including phenoxy) is 2. The molecule has 0 bridgehead atoms. The molecule has 0 saturated heterocycles. The van der Waals surface area contributed by atoms with E-state index in [1.807, 2.05) is 0 Å². The summed E-state index contributed by atoms with van der Waals surface area (Å²) in [6.07, 6.45) is 0.438. The number of ketones is 1. The minimum atomic E-state index is -0.555. The van der Waals surface area contributed by atoms with Gasteiger partial charge in [0, 0.05) is 24.6 Å². The van der Waals surface area contributed by atoms with Gasteiger partial charge in [-0.2, -0.15) is 0 Å². The summed E-state index contributed by atoms with van der Waals surface area (Å²) in [6, 6.07) is 13.0. The van der Waals surface area contributed by atoms with Crippen LogP contribution in [-0.2, 0) is 9.59 Å². The van der Waals surface area contributed by atoms with Gasteiger partial charge in [-0.25, -0.2) is 4.79 Å². The molecule has 0 fully saturated rings. The number of esters is 1. The molecule has 2 aromatic rings. The molecule has 0 aliphatic rings. The van der Waals surface area contributed by atoms with E-state index < -0.39 is 5.97 Å². The lowest BCUT2D eigenvalue weighted by Gasteiger charge is -2.08. The number of benzene rings is 2. The van der Waals surface area contributed by atoms with Crippen molar-refractivity contribution >= 4 is 23.3 Å². The lowest BCUT2D eigenvalue weighted by Crippen LogP contribution is -2.17. The fourth-order valence-corrected chi connectivity index (χ4v) is 2.05. The predicted octanol–water partition coefficient (Wildman–Crippen LogP) is 3.22. The van der Waals surface area contributed by atoms with E-state index in [0.29, 0.717) is 29.2 Å². The van der Waals surface area contributed by atoms with Crippen molar-refractivity contribution in [1.82, 2.24) is 0 Å². The molecule has 0 unspecified atom stereocenters. The molecule has 0 radical (unpaired) electrons. The van der Waals surface area contributed by atoms with Gasteiger partial charge in [-0.05, 0) is 48.5 Å². The zero-order valence-electron chi connectivity index (χ0n) is 14.1. The third kappa shape index (κ3) is 5.76. The van der Waals surface area contributed by atoms with E-state index in [1.165, 1.54) is 6.92 Å². The van der Waals surface area contributed by atoms with Crippen molar-refractivity contribution in [3.05, 3.63) is 54.1 Å². The highest BCUT2D eigenvalue weighted by molar-refractivity contribution is 5.95. The molecule has 0 aromatic heterocycles. The summed E-state index contributed by atoms with van der Waals surface area (Å²) in [5.41, 5.74) is 1.22. The molecule has 25 heavy (non-hydrogen) atoms. The number of rotatable bonds is 7. The molecule has 2 aromatic carbocycles. The number of Topliss-reactive ketones (excluding diaryl/α,β-unsaturated/α-hetero) is 1. The van der Waals surface area contributed by atoms with Crippen LogP contribution in [0.25, 0.3) is 0 Å². The van der Waals surface area contributed by atoms with Crippen LogP contribution in [0, 0.1) is 0 Å².